The van der Waals surface area contributed by atoms with E-state index < -0.39 is 6.04 Å². The molecule has 1 amide bonds. The van der Waals surface area contributed by atoms with Crippen molar-refractivity contribution in [2.75, 3.05) is 10.6 Å². The van der Waals surface area contributed by atoms with Gasteiger partial charge >= 0.3 is 0 Å². The number of hydrogen-bond donors (Lipinski definition) is 2. The van der Waals surface area contributed by atoms with Gasteiger partial charge in [0.2, 0.25) is 11.8 Å². The van der Waals surface area contributed by atoms with Crippen LogP contribution in [0, 0.1) is 5.82 Å². The van der Waals surface area contributed by atoms with Crippen LogP contribution < -0.4 is 15.4 Å². The third-order valence-corrected chi connectivity index (χ3v) is 4.38. The fourth-order valence-electron chi connectivity index (χ4n) is 2.90. The van der Waals surface area contributed by atoms with Crippen molar-refractivity contribution in [3.8, 4) is 11.6 Å². The Balaban J connectivity index is 1.55. The number of nitrogens with zero attached hydrogens (tertiary/aromatic N) is 2. The quantitative estimate of drug-likeness (QED) is 0.435. The molecule has 6 nitrogen and oxygen atoms in total. The first-order valence-electron chi connectivity index (χ1n) is 9.61. The standard InChI is InChI=1S/C24H19FN4O2/c25-18-11-13-20(14-12-18)31-21-15-16-26-24(28-21)29-22(17-7-3-1-4-8-17)23(30)27-19-9-5-2-6-10-19/h1-16,22H,(H,27,30)(H,26,28,29). The third-order valence-electron chi connectivity index (χ3n) is 4.38. The number of hydrogen-bond acceptors (Lipinski definition) is 5. The van der Waals surface area contributed by atoms with Crippen molar-refractivity contribution in [3.63, 3.8) is 0 Å². The predicted molar refractivity (Wildman–Crippen MR) is 116 cm³/mol. The van der Waals surface area contributed by atoms with Gasteiger partial charge in [0.25, 0.3) is 5.91 Å². The van der Waals surface area contributed by atoms with E-state index in [1.54, 1.807) is 6.07 Å². The van der Waals surface area contributed by atoms with Gasteiger partial charge in [0.05, 0.1) is 0 Å². The first-order chi connectivity index (χ1) is 15.2. The summed E-state index contributed by atoms with van der Waals surface area (Å²) in [6.07, 6.45) is 1.52. The van der Waals surface area contributed by atoms with E-state index in [1.165, 1.54) is 30.5 Å². The number of anilines is 2. The van der Waals surface area contributed by atoms with Gasteiger partial charge in [-0.1, -0.05) is 48.5 Å². The highest BCUT2D eigenvalue weighted by Crippen LogP contribution is 2.23. The number of nitrogens with one attached hydrogen (secondary N) is 2. The molecule has 1 atom stereocenters. The van der Waals surface area contributed by atoms with Gasteiger partial charge in [-0.2, -0.15) is 4.98 Å². The first-order valence-corrected chi connectivity index (χ1v) is 9.61. The molecule has 0 aliphatic heterocycles. The number of amides is 1. The molecule has 0 aliphatic carbocycles. The number of benzene rings is 3. The Hall–Kier alpha value is -4.26. The van der Waals surface area contributed by atoms with Crippen molar-refractivity contribution in [2.45, 2.75) is 6.04 Å². The largest absolute Gasteiger partial charge is 0.439 e. The molecule has 0 spiro atoms. The molecule has 2 N–H and O–H groups in total. The fourth-order valence-corrected chi connectivity index (χ4v) is 2.90. The van der Waals surface area contributed by atoms with Crippen molar-refractivity contribution in [2.24, 2.45) is 0 Å². The molecular formula is C24H19FN4O2. The highest BCUT2D eigenvalue weighted by atomic mass is 19.1. The molecule has 0 saturated carbocycles. The van der Waals surface area contributed by atoms with E-state index in [4.69, 9.17) is 4.74 Å². The summed E-state index contributed by atoms with van der Waals surface area (Å²) in [4.78, 5) is 21.6. The number of aromatic nitrogens is 2. The second-order valence-electron chi connectivity index (χ2n) is 6.62. The van der Waals surface area contributed by atoms with E-state index in [0.29, 0.717) is 11.4 Å². The smallest absolute Gasteiger partial charge is 0.251 e. The zero-order valence-corrected chi connectivity index (χ0v) is 16.4. The van der Waals surface area contributed by atoms with Crippen LogP contribution in [0.15, 0.2) is 97.2 Å². The van der Waals surface area contributed by atoms with Gasteiger partial charge in [0, 0.05) is 18.0 Å². The second kappa shape index (κ2) is 9.49. The van der Waals surface area contributed by atoms with Crippen LogP contribution in [0.4, 0.5) is 16.0 Å². The topological polar surface area (TPSA) is 76.1 Å². The Labute approximate surface area is 178 Å². The summed E-state index contributed by atoms with van der Waals surface area (Å²) in [5.41, 5.74) is 1.44. The Morgan fingerprint density at radius 1 is 0.871 bits per heavy atom. The zero-order valence-electron chi connectivity index (χ0n) is 16.4. The van der Waals surface area contributed by atoms with Gasteiger partial charge in [-0.25, -0.2) is 9.37 Å². The highest BCUT2D eigenvalue weighted by molar-refractivity contribution is 5.97. The zero-order chi connectivity index (χ0) is 21.5. The van der Waals surface area contributed by atoms with E-state index in [2.05, 4.69) is 20.6 Å². The molecule has 1 heterocycles. The van der Waals surface area contributed by atoms with Crippen molar-refractivity contribution in [3.05, 3.63) is 109 Å². The Morgan fingerprint density at radius 3 is 2.26 bits per heavy atom. The lowest BCUT2D eigenvalue weighted by molar-refractivity contribution is -0.117. The van der Waals surface area contributed by atoms with Crippen LogP contribution in [0.1, 0.15) is 11.6 Å². The lowest BCUT2D eigenvalue weighted by atomic mass is 10.1. The van der Waals surface area contributed by atoms with Gasteiger partial charge in [0.15, 0.2) is 0 Å². The molecule has 4 aromatic rings. The number of para-hydroxylation sites is 1. The highest BCUT2D eigenvalue weighted by Gasteiger charge is 2.22. The van der Waals surface area contributed by atoms with Crippen molar-refractivity contribution in [1.29, 1.82) is 0 Å². The van der Waals surface area contributed by atoms with E-state index in [-0.39, 0.29) is 23.6 Å². The molecule has 1 aromatic heterocycles. The van der Waals surface area contributed by atoms with E-state index in [0.717, 1.165) is 5.56 Å². The number of carbonyl (C=O) groups is 1. The van der Waals surface area contributed by atoms with Gasteiger partial charge in [-0.05, 0) is 42.0 Å². The van der Waals surface area contributed by atoms with Crippen LogP contribution in [0.25, 0.3) is 0 Å². The molecule has 0 saturated heterocycles. The summed E-state index contributed by atoms with van der Waals surface area (Å²) in [6, 6.07) is 24.9. The summed E-state index contributed by atoms with van der Waals surface area (Å²) in [5, 5.41) is 5.97. The molecular weight excluding hydrogens is 395 g/mol. The minimum absolute atomic E-state index is 0.219. The molecule has 4 rings (SSSR count). The monoisotopic (exact) mass is 414 g/mol. The van der Waals surface area contributed by atoms with Crippen molar-refractivity contribution in [1.82, 2.24) is 9.97 Å². The Bertz CT molecular complexity index is 1140. The minimum atomic E-state index is -0.734. The summed E-state index contributed by atoms with van der Waals surface area (Å²) >= 11 is 0. The van der Waals surface area contributed by atoms with Crippen molar-refractivity contribution >= 4 is 17.5 Å². The average molecular weight is 414 g/mol. The number of rotatable bonds is 7. The fraction of sp³-hybridized carbons (Fsp3) is 0.0417. The molecule has 0 radical (unpaired) electrons. The number of carbonyl (C=O) groups excluding carboxylic acids is 1. The summed E-state index contributed by atoms with van der Waals surface area (Å²) in [5.74, 6) is 0.307. The molecule has 0 fully saturated rings. The molecule has 0 bridgehead atoms. The Kier molecular flexibility index (Phi) is 6.13. The van der Waals surface area contributed by atoms with Crippen LogP contribution in [0.3, 0.4) is 0 Å². The van der Waals surface area contributed by atoms with Crippen LogP contribution in [-0.4, -0.2) is 15.9 Å². The molecule has 7 heteroatoms. The summed E-state index contributed by atoms with van der Waals surface area (Å²) in [6.45, 7) is 0. The van der Waals surface area contributed by atoms with Gasteiger partial charge in [-0.3, -0.25) is 4.79 Å². The SMILES string of the molecule is O=C(Nc1ccccc1)C(Nc1nccc(Oc2ccc(F)cc2)n1)c1ccccc1. The third kappa shape index (κ3) is 5.42. The van der Waals surface area contributed by atoms with Gasteiger partial charge in [0.1, 0.15) is 17.6 Å². The minimum Gasteiger partial charge on any atom is -0.439 e. The molecule has 154 valence electrons. The molecule has 31 heavy (non-hydrogen) atoms. The molecule has 3 aromatic carbocycles. The molecule has 0 aliphatic rings. The molecule has 1 unspecified atom stereocenters. The first kappa shape index (κ1) is 20.0. The normalized spacial score (nSPS) is 11.4. The second-order valence-corrected chi connectivity index (χ2v) is 6.62. The van der Waals surface area contributed by atoms with E-state index >= 15 is 0 Å². The lowest BCUT2D eigenvalue weighted by Crippen LogP contribution is -2.28. The maximum atomic E-state index is 13.1. The summed E-state index contributed by atoms with van der Waals surface area (Å²) in [7, 11) is 0. The maximum absolute atomic E-state index is 13.1. The average Bonchev–Trinajstić information content (AvgIpc) is 2.80. The van der Waals surface area contributed by atoms with Gasteiger partial charge in [-0.15, -0.1) is 0 Å². The van der Waals surface area contributed by atoms with Crippen molar-refractivity contribution < 1.29 is 13.9 Å². The summed E-state index contributed by atoms with van der Waals surface area (Å²) < 4.78 is 18.8. The number of ether oxygens (including phenoxy) is 1. The van der Waals surface area contributed by atoms with Crippen LogP contribution >= 0.6 is 0 Å². The predicted octanol–water partition coefficient (Wildman–Crippen LogP) is 5.20. The van der Waals surface area contributed by atoms with Crippen LogP contribution in [-0.2, 0) is 4.79 Å². The maximum Gasteiger partial charge on any atom is 0.251 e. The van der Waals surface area contributed by atoms with E-state index in [9.17, 15) is 9.18 Å². The van der Waals surface area contributed by atoms with Crippen LogP contribution in [0.2, 0.25) is 0 Å². The van der Waals surface area contributed by atoms with E-state index in [1.807, 2.05) is 60.7 Å². The van der Waals surface area contributed by atoms with Crippen LogP contribution in [0.5, 0.6) is 11.6 Å². The Morgan fingerprint density at radius 2 is 1.55 bits per heavy atom. The lowest BCUT2D eigenvalue weighted by Gasteiger charge is -2.19. The number of halogens is 1. The van der Waals surface area contributed by atoms with Gasteiger partial charge < -0.3 is 15.4 Å².